The van der Waals surface area contributed by atoms with E-state index in [0.717, 1.165) is 34.4 Å². The van der Waals surface area contributed by atoms with Gasteiger partial charge in [-0.1, -0.05) is 41.9 Å². The molecular weight excluding hydrogens is 323 g/mol. The summed E-state index contributed by atoms with van der Waals surface area (Å²) in [4.78, 5) is 4.79. The Labute approximate surface area is 156 Å². The molecule has 4 nitrogen and oxygen atoms in total. The van der Waals surface area contributed by atoms with E-state index >= 15 is 0 Å². The highest BCUT2D eigenvalue weighted by Gasteiger charge is 2.35. The van der Waals surface area contributed by atoms with Gasteiger partial charge in [0.15, 0.2) is 0 Å². The third-order valence-electron chi connectivity index (χ3n) is 5.10. The Morgan fingerprint density at radius 2 is 1.69 bits per heavy atom. The number of nitrogens with zero attached hydrogens (tertiary/aromatic N) is 2. The molecule has 0 amide bonds. The molecule has 26 heavy (non-hydrogen) atoms. The highest BCUT2D eigenvalue weighted by atomic mass is 16.5. The highest BCUT2D eigenvalue weighted by molar-refractivity contribution is 6.47. The van der Waals surface area contributed by atoms with Crippen molar-refractivity contribution in [1.82, 2.24) is 9.55 Å². The molecule has 0 spiro atoms. The maximum Gasteiger partial charge on any atom is 0.330 e. The fourth-order valence-corrected chi connectivity index (χ4v) is 2.69. The van der Waals surface area contributed by atoms with Gasteiger partial charge in [-0.05, 0) is 46.8 Å². The summed E-state index contributed by atoms with van der Waals surface area (Å²) in [6.45, 7) is 10.3. The monoisotopic (exact) mass is 349 g/mol. The lowest BCUT2D eigenvalue weighted by Crippen LogP contribution is -2.49. The molecular formula is C21H26BN2O2. The molecule has 0 saturated carbocycles. The number of aliphatic hydroxyl groups is 1. The van der Waals surface area contributed by atoms with E-state index in [4.69, 9.17) is 9.64 Å². The molecule has 135 valence electrons. The van der Waals surface area contributed by atoms with E-state index in [1.54, 1.807) is 21.3 Å². The second-order valence-corrected chi connectivity index (χ2v) is 7.60. The summed E-state index contributed by atoms with van der Waals surface area (Å²) in [5.74, 6) is 0.970. The highest BCUT2D eigenvalue weighted by Crippen LogP contribution is 2.25. The van der Waals surface area contributed by atoms with E-state index in [1.807, 2.05) is 44.2 Å². The first-order valence-corrected chi connectivity index (χ1v) is 9.02. The number of hydrogen-bond acceptors (Lipinski definition) is 3. The van der Waals surface area contributed by atoms with Crippen molar-refractivity contribution in [1.29, 1.82) is 0 Å². The van der Waals surface area contributed by atoms with Gasteiger partial charge in [-0.3, -0.25) is 0 Å². The maximum absolute atomic E-state index is 10.2. The Balaban J connectivity index is 1.82. The molecule has 0 aliphatic carbocycles. The Hall–Kier alpha value is -2.11. The van der Waals surface area contributed by atoms with Crippen LogP contribution >= 0.6 is 0 Å². The lowest BCUT2D eigenvalue weighted by molar-refractivity contribution is -0.0893. The molecule has 1 heterocycles. The summed E-state index contributed by atoms with van der Waals surface area (Å²) in [6, 6.07) is 16.3. The smallest absolute Gasteiger partial charge is 0.330 e. The van der Waals surface area contributed by atoms with Crippen molar-refractivity contribution in [2.45, 2.75) is 52.4 Å². The average molecular weight is 349 g/mol. The molecule has 3 rings (SSSR count). The number of benzene rings is 2. The SMILES string of the molecule is CCn1c(-c2ccc([B]OC(C)(C)C(C)(C)O)cc2)nc2ccccc21. The van der Waals surface area contributed by atoms with Crippen molar-refractivity contribution >= 4 is 24.0 Å². The van der Waals surface area contributed by atoms with Crippen LogP contribution in [0.15, 0.2) is 48.5 Å². The zero-order valence-electron chi connectivity index (χ0n) is 16.2. The van der Waals surface area contributed by atoms with Crippen LogP contribution in [-0.4, -0.2) is 33.3 Å². The third-order valence-corrected chi connectivity index (χ3v) is 5.10. The number of rotatable bonds is 6. The van der Waals surface area contributed by atoms with Crippen molar-refractivity contribution in [3.63, 3.8) is 0 Å². The second kappa shape index (κ2) is 6.90. The van der Waals surface area contributed by atoms with E-state index in [1.165, 1.54) is 0 Å². The van der Waals surface area contributed by atoms with Crippen LogP contribution in [0.4, 0.5) is 0 Å². The zero-order valence-corrected chi connectivity index (χ0v) is 16.2. The predicted molar refractivity (Wildman–Crippen MR) is 108 cm³/mol. The van der Waals surface area contributed by atoms with Gasteiger partial charge in [0.1, 0.15) is 5.82 Å². The minimum atomic E-state index is -0.935. The molecule has 1 radical (unpaired) electrons. The molecule has 3 aromatic rings. The van der Waals surface area contributed by atoms with E-state index < -0.39 is 11.2 Å². The molecule has 5 heteroatoms. The Bertz CT molecular complexity index is 893. The van der Waals surface area contributed by atoms with E-state index in [-0.39, 0.29) is 0 Å². The van der Waals surface area contributed by atoms with Gasteiger partial charge in [-0.25, -0.2) is 4.98 Å². The maximum atomic E-state index is 10.2. The van der Waals surface area contributed by atoms with Crippen LogP contribution in [0.5, 0.6) is 0 Å². The minimum absolute atomic E-state index is 0.679. The molecule has 0 bridgehead atoms. The zero-order chi connectivity index (χ0) is 18.9. The Kier molecular flexibility index (Phi) is 4.95. The lowest BCUT2D eigenvalue weighted by Gasteiger charge is -2.37. The summed E-state index contributed by atoms with van der Waals surface area (Å²) >= 11 is 0. The van der Waals surface area contributed by atoms with Gasteiger partial charge in [0.25, 0.3) is 0 Å². The van der Waals surface area contributed by atoms with E-state index in [0.29, 0.717) is 0 Å². The Morgan fingerprint density at radius 1 is 1.04 bits per heavy atom. The molecule has 1 N–H and O–H groups in total. The van der Waals surface area contributed by atoms with Gasteiger partial charge < -0.3 is 14.3 Å². The topological polar surface area (TPSA) is 47.3 Å². The summed E-state index contributed by atoms with van der Waals surface area (Å²) in [7, 11) is 1.70. The third kappa shape index (κ3) is 3.55. The van der Waals surface area contributed by atoms with Crippen molar-refractivity contribution in [3.05, 3.63) is 48.5 Å². The van der Waals surface area contributed by atoms with Crippen molar-refractivity contribution in [3.8, 4) is 11.4 Å². The first-order chi connectivity index (χ1) is 12.2. The van der Waals surface area contributed by atoms with Crippen molar-refractivity contribution in [2.75, 3.05) is 0 Å². The normalized spacial score (nSPS) is 12.5. The molecule has 0 aliphatic heterocycles. The molecule has 0 fully saturated rings. The summed E-state index contributed by atoms with van der Waals surface area (Å²) in [5.41, 5.74) is 2.57. The number of hydrogen-bond donors (Lipinski definition) is 1. The number of aryl methyl sites for hydroxylation is 1. The number of fused-ring (bicyclic) bond motifs is 1. The van der Waals surface area contributed by atoms with Crippen LogP contribution < -0.4 is 5.46 Å². The van der Waals surface area contributed by atoms with Crippen LogP contribution in [0.2, 0.25) is 0 Å². The standard InChI is InChI=1S/C21H26BN2O2/c1-6-24-18-10-8-7-9-17(18)23-19(24)15-11-13-16(14-12-15)22-26-21(4,5)20(2,3)25/h7-14,25H,6H2,1-5H3. The quantitative estimate of drug-likeness (QED) is 0.693. The minimum Gasteiger partial charge on any atom is -0.427 e. The first kappa shape index (κ1) is 18.7. The summed E-state index contributed by atoms with van der Waals surface area (Å²) in [5, 5.41) is 10.2. The largest absolute Gasteiger partial charge is 0.427 e. The van der Waals surface area contributed by atoms with Gasteiger partial charge in [0.2, 0.25) is 0 Å². The van der Waals surface area contributed by atoms with Crippen molar-refractivity contribution in [2.24, 2.45) is 0 Å². The molecule has 0 saturated heterocycles. The van der Waals surface area contributed by atoms with Crippen molar-refractivity contribution < 1.29 is 9.76 Å². The first-order valence-electron chi connectivity index (χ1n) is 9.02. The molecule has 1 aromatic heterocycles. The molecule has 0 unspecified atom stereocenters. The molecule has 2 aromatic carbocycles. The van der Waals surface area contributed by atoms with E-state index in [9.17, 15) is 5.11 Å². The number of para-hydroxylation sites is 2. The van der Waals surface area contributed by atoms with Gasteiger partial charge in [-0.2, -0.15) is 0 Å². The van der Waals surface area contributed by atoms with Gasteiger partial charge in [0.05, 0.1) is 22.2 Å². The Morgan fingerprint density at radius 3 is 2.31 bits per heavy atom. The second-order valence-electron chi connectivity index (χ2n) is 7.60. The van der Waals surface area contributed by atoms with Crippen LogP contribution in [0.1, 0.15) is 34.6 Å². The fourth-order valence-electron chi connectivity index (χ4n) is 2.69. The van der Waals surface area contributed by atoms with Crippen LogP contribution in [0, 0.1) is 0 Å². The molecule has 0 atom stereocenters. The van der Waals surface area contributed by atoms with Crippen LogP contribution in [-0.2, 0) is 11.2 Å². The summed E-state index contributed by atoms with van der Waals surface area (Å²) in [6.07, 6.45) is 0. The predicted octanol–water partition coefficient (Wildman–Crippen LogP) is 3.53. The van der Waals surface area contributed by atoms with E-state index in [2.05, 4.69) is 29.7 Å². The lowest BCUT2D eigenvalue weighted by atomic mass is 9.82. The van der Waals surface area contributed by atoms with Gasteiger partial charge >= 0.3 is 7.48 Å². The number of imidazole rings is 1. The average Bonchev–Trinajstić information content (AvgIpc) is 2.98. The van der Waals surface area contributed by atoms with Gasteiger partial charge in [-0.15, -0.1) is 0 Å². The fraction of sp³-hybridized carbons (Fsp3) is 0.381. The van der Waals surface area contributed by atoms with Gasteiger partial charge in [0, 0.05) is 12.1 Å². The number of aromatic nitrogens is 2. The van der Waals surface area contributed by atoms with Crippen LogP contribution in [0.3, 0.4) is 0 Å². The van der Waals surface area contributed by atoms with Crippen LogP contribution in [0.25, 0.3) is 22.4 Å². The molecule has 0 aliphatic rings. The summed E-state index contributed by atoms with van der Waals surface area (Å²) < 4.78 is 8.05.